The lowest BCUT2D eigenvalue weighted by molar-refractivity contribution is -0.117. The van der Waals surface area contributed by atoms with E-state index in [1.807, 2.05) is 42.5 Å². The monoisotopic (exact) mass is 347 g/mol. The molecule has 1 saturated heterocycles. The summed E-state index contributed by atoms with van der Waals surface area (Å²) >= 11 is 0. The normalized spacial score (nSPS) is 19.2. The molecule has 5 heteroatoms. The molecule has 132 valence electrons. The summed E-state index contributed by atoms with van der Waals surface area (Å²) < 4.78 is 0. The average molecular weight is 347 g/mol. The van der Waals surface area contributed by atoms with Gasteiger partial charge in [0.05, 0.1) is 17.4 Å². The fourth-order valence-electron chi connectivity index (χ4n) is 3.41. The number of β-amino-alcohol motifs (C(OH)–C–C–N with tert-alkyl or cyclic N) is 1. The molecule has 0 bridgehead atoms. The quantitative estimate of drug-likeness (QED) is 0.891. The van der Waals surface area contributed by atoms with E-state index in [0.717, 1.165) is 48.3 Å². The Kier molecular flexibility index (Phi) is 4.36. The smallest absolute Gasteiger partial charge is 0.227 e. The van der Waals surface area contributed by atoms with E-state index in [4.69, 9.17) is 0 Å². The highest BCUT2D eigenvalue weighted by Gasteiger charge is 2.29. The lowest BCUT2D eigenvalue weighted by Gasteiger charge is -2.20. The maximum atomic E-state index is 12.0. The minimum atomic E-state index is -0.326. The van der Waals surface area contributed by atoms with Crippen LogP contribution in [0.1, 0.15) is 24.8 Å². The molecule has 4 rings (SSSR count). The van der Waals surface area contributed by atoms with Gasteiger partial charge in [-0.1, -0.05) is 18.2 Å². The number of nitrogens with zero attached hydrogens (tertiary/aromatic N) is 2. The molecular weight excluding hydrogens is 326 g/mol. The summed E-state index contributed by atoms with van der Waals surface area (Å²) in [6.07, 6.45) is 2.36. The molecule has 2 N–H and O–H groups in total. The van der Waals surface area contributed by atoms with Gasteiger partial charge < -0.3 is 15.3 Å². The Morgan fingerprint density at radius 2 is 1.96 bits per heavy atom. The van der Waals surface area contributed by atoms with Gasteiger partial charge in [0.15, 0.2) is 0 Å². The molecule has 0 radical (unpaired) electrons. The number of aliphatic hydroxyl groups excluding tert-OH is 1. The van der Waals surface area contributed by atoms with Crippen LogP contribution in [0.2, 0.25) is 0 Å². The highest BCUT2D eigenvalue weighted by molar-refractivity contribution is 5.94. The number of carbonyl (C=O) groups excluding carboxylic acids is 1. The molecule has 1 aliphatic heterocycles. The molecule has 2 fully saturated rings. The predicted octanol–water partition coefficient (Wildman–Crippen LogP) is 3.14. The number of carbonyl (C=O) groups is 1. The molecule has 0 spiro atoms. The van der Waals surface area contributed by atoms with Gasteiger partial charge in [-0.05, 0) is 54.7 Å². The topological polar surface area (TPSA) is 76.4 Å². The molecular formula is C21H21N3O2. The Hall–Kier alpha value is -2.84. The van der Waals surface area contributed by atoms with Crippen LogP contribution in [-0.2, 0) is 4.79 Å². The van der Waals surface area contributed by atoms with Gasteiger partial charge in [0.1, 0.15) is 6.07 Å². The number of nitriles is 1. The van der Waals surface area contributed by atoms with Crippen LogP contribution < -0.4 is 10.2 Å². The summed E-state index contributed by atoms with van der Waals surface area (Å²) in [5.74, 6) is 0.252. The molecule has 1 atom stereocenters. The van der Waals surface area contributed by atoms with Crippen molar-refractivity contribution < 1.29 is 9.90 Å². The summed E-state index contributed by atoms with van der Waals surface area (Å²) in [5.41, 5.74) is 4.15. The van der Waals surface area contributed by atoms with Gasteiger partial charge in [-0.3, -0.25) is 4.79 Å². The summed E-state index contributed by atoms with van der Waals surface area (Å²) in [5, 5.41) is 22.3. The third kappa shape index (κ3) is 3.42. The highest BCUT2D eigenvalue weighted by Crippen LogP contribution is 2.32. The number of hydrogen-bond acceptors (Lipinski definition) is 4. The third-order valence-corrected chi connectivity index (χ3v) is 5.03. The van der Waals surface area contributed by atoms with Crippen LogP contribution in [0.25, 0.3) is 11.1 Å². The number of rotatable bonds is 4. The van der Waals surface area contributed by atoms with E-state index in [0.29, 0.717) is 12.1 Å². The summed E-state index contributed by atoms with van der Waals surface area (Å²) in [4.78, 5) is 14.0. The van der Waals surface area contributed by atoms with Gasteiger partial charge in [-0.15, -0.1) is 0 Å². The van der Waals surface area contributed by atoms with E-state index in [1.165, 1.54) is 0 Å². The van der Waals surface area contributed by atoms with Gasteiger partial charge in [-0.2, -0.15) is 5.26 Å². The van der Waals surface area contributed by atoms with Gasteiger partial charge in [0, 0.05) is 24.7 Å². The standard InChI is InChI=1S/C21H21N3O2/c22-12-17-10-16(6-7-20(17)24-9-8-19(25)13-24)15-2-1-3-18(11-15)23-21(26)14-4-5-14/h1-3,6-7,10-11,14,19,25H,4-5,8-9,13H2,(H,23,26)/t19-/m1/s1. The zero-order valence-electron chi connectivity index (χ0n) is 14.5. The number of aliphatic hydroxyl groups is 1. The zero-order chi connectivity index (χ0) is 18.1. The van der Waals surface area contributed by atoms with E-state index in [9.17, 15) is 15.2 Å². The van der Waals surface area contributed by atoms with E-state index < -0.39 is 0 Å². The number of amides is 1. The van der Waals surface area contributed by atoms with Crippen LogP contribution in [0.3, 0.4) is 0 Å². The van der Waals surface area contributed by atoms with Crippen LogP contribution in [-0.4, -0.2) is 30.2 Å². The second-order valence-electron chi connectivity index (χ2n) is 7.08. The Labute approximate surface area is 152 Å². The first-order valence-corrected chi connectivity index (χ1v) is 9.02. The Bertz CT molecular complexity index is 883. The Balaban J connectivity index is 1.59. The fourth-order valence-corrected chi connectivity index (χ4v) is 3.41. The predicted molar refractivity (Wildman–Crippen MR) is 101 cm³/mol. The molecule has 1 heterocycles. The lowest BCUT2D eigenvalue weighted by Crippen LogP contribution is -2.22. The molecule has 1 saturated carbocycles. The van der Waals surface area contributed by atoms with E-state index >= 15 is 0 Å². The number of benzene rings is 2. The van der Waals surface area contributed by atoms with Crippen molar-refractivity contribution in [2.75, 3.05) is 23.3 Å². The van der Waals surface area contributed by atoms with Crippen LogP contribution in [0.15, 0.2) is 42.5 Å². The molecule has 26 heavy (non-hydrogen) atoms. The van der Waals surface area contributed by atoms with Crippen molar-refractivity contribution in [1.29, 1.82) is 5.26 Å². The molecule has 1 amide bonds. The third-order valence-electron chi connectivity index (χ3n) is 5.03. The summed E-state index contributed by atoms with van der Waals surface area (Å²) in [7, 11) is 0. The van der Waals surface area contributed by atoms with Gasteiger partial charge in [-0.25, -0.2) is 0 Å². The fraction of sp³-hybridized carbons (Fsp3) is 0.333. The maximum Gasteiger partial charge on any atom is 0.227 e. The van der Waals surface area contributed by atoms with Crippen LogP contribution >= 0.6 is 0 Å². The number of hydrogen-bond donors (Lipinski definition) is 2. The first-order valence-electron chi connectivity index (χ1n) is 9.02. The molecule has 2 aliphatic rings. The van der Waals surface area contributed by atoms with Crippen molar-refractivity contribution in [1.82, 2.24) is 0 Å². The second kappa shape index (κ2) is 6.81. The van der Waals surface area contributed by atoms with Crippen molar-refractivity contribution in [2.45, 2.75) is 25.4 Å². The van der Waals surface area contributed by atoms with Gasteiger partial charge >= 0.3 is 0 Å². The Morgan fingerprint density at radius 3 is 2.65 bits per heavy atom. The van der Waals surface area contributed by atoms with E-state index in [1.54, 1.807) is 0 Å². The van der Waals surface area contributed by atoms with E-state index in [2.05, 4.69) is 16.3 Å². The first kappa shape index (κ1) is 16.6. The molecule has 0 unspecified atom stereocenters. The number of nitrogens with one attached hydrogen (secondary N) is 1. The highest BCUT2D eigenvalue weighted by atomic mass is 16.3. The van der Waals surface area contributed by atoms with Crippen LogP contribution in [0, 0.1) is 17.2 Å². The van der Waals surface area contributed by atoms with Crippen molar-refractivity contribution in [3.8, 4) is 17.2 Å². The minimum absolute atomic E-state index is 0.0859. The van der Waals surface area contributed by atoms with Gasteiger partial charge in [0.2, 0.25) is 5.91 Å². The number of anilines is 2. The second-order valence-corrected chi connectivity index (χ2v) is 7.08. The van der Waals surface area contributed by atoms with Crippen LogP contribution in [0.5, 0.6) is 0 Å². The lowest BCUT2D eigenvalue weighted by atomic mass is 10.0. The van der Waals surface area contributed by atoms with Crippen molar-refractivity contribution >= 4 is 17.3 Å². The van der Waals surface area contributed by atoms with Crippen LogP contribution in [0.4, 0.5) is 11.4 Å². The largest absolute Gasteiger partial charge is 0.391 e. The maximum absolute atomic E-state index is 12.0. The molecule has 2 aromatic carbocycles. The van der Waals surface area contributed by atoms with Crippen molar-refractivity contribution in [3.05, 3.63) is 48.0 Å². The molecule has 5 nitrogen and oxygen atoms in total. The molecule has 2 aromatic rings. The average Bonchev–Trinajstić information content (AvgIpc) is 3.43. The minimum Gasteiger partial charge on any atom is -0.391 e. The zero-order valence-corrected chi connectivity index (χ0v) is 14.5. The molecule has 1 aliphatic carbocycles. The van der Waals surface area contributed by atoms with E-state index in [-0.39, 0.29) is 17.9 Å². The molecule has 0 aromatic heterocycles. The SMILES string of the molecule is N#Cc1cc(-c2cccc(NC(=O)C3CC3)c2)ccc1N1CC[C@@H](O)C1. The van der Waals surface area contributed by atoms with Gasteiger partial charge in [0.25, 0.3) is 0 Å². The Morgan fingerprint density at radius 1 is 1.15 bits per heavy atom. The van der Waals surface area contributed by atoms with Crippen molar-refractivity contribution in [2.24, 2.45) is 5.92 Å². The first-order chi connectivity index (χ1) is 12.6. The van der Waals surface area contributed by atoms with Crippen molar-refractivity contribution in [3.63, 3.8) is 0 Å². The summed E-state index contributed by atoms with van der Waals surface area (Å²) in [6.45, 7) is 1.33. The summed E-state index contributed by atoms with van der Waals surface area (Å²) in [6, 6.07) is 15.8.